The van der Waals surface area contributed by atoms with Gasteiger partial charge in [0, 0.05) is 0 Å². The van der Waals surface area contributed by atoms with Gasteiger partial charge >= 0.3 is 7.69 Å². The summed E-state index contributed by atoms with van der Waals surface area (Å²) >= 11 is 0. The van der Waals surface area contributed by atoms with E-state index in [2.05, 4.69) is 35.8 Å². The minimum Gasteiger partial charge on any atom is -0.535 e. The van der Waals surface area contributed by atoms with Crippen LogP contribution in [0.2, 0.25) is 0 Å². The van der Waals surface area contributed by atoms with Crippen LogP contribution in [0, 0.1) is 5.82 Å². The Morgan fingerprint density at radius 3 is 2.10 bits per heavy atom. The van der Waals surface area contributed by atoms with Gasteiger partial charge in [-0.3, -0.25) is 0 Å². The van der Waals surface area contributed by atoms with E-state index in [4.69, 9.17) is 5.02 Å². The molecule has 0 heterocycles. The molecule has 0 bridgehead atoms. The monoisotopic (exact) mass is 285 g/mol. The highest BCUT2D eigenvalue weighted by Crippen LogP contribution is 2.19. The molecular formula is C17H19BFO2. The second kappa shape index (κ2) is 7.84. The number of halogens is 1. The fraction of sp³-hybridized carbons (Fsp3) is 0.294. The summed E-state index contributed by atoms with van der Waals surface area (Å²) in [6.07, 6.45) is 3.90. The van der Waals surface area contributed by atoms with Crippen LogP contribution in [-0.2, 0) is 19.3 Å². The van der Waals surface area contributed by atoms with Crippen molar-refractivity contribution in [3.05, 3.63) is 65.0 Å². The van der Waals surface area contributed by atoms with Crippen LogP contribution in [-0.4, -0.2) is 12.7 Å². The molecule has 4 heteroatoms. The van der Waals surface area contributed by atoms with Crippen molar-refractivity contribution in [3.63, 3.8) is 0 Å². The zero-order valence-corrected chi connectivity index (χ0v) is 12.2. The number of hydrogen-bond donors (Lipinski definition) is 1. The molecule has 21 heavy (non-hydrogen) atoms. The summed E-state index contributed by atoms with van der Waals surface area (Å²) in [6.45, 7) is 2.17. The first-order valence-corrected chi connectivity index (χ1v) is 7.21. The van der Waals surface area contributed by atoms with Gasteiger partial charge in [-0.25, -0.2) is 4.39 Å². The van der Waals surface area contributed by atoms with E-state index >= 15 is 0 Å². The Morgan fingerprint density at radius 1 is 0.952 bits per heavy atom. The molecule has 2 nitrogen and oxygen atoms in total. The summed E-state index contributed by atoms with van der Waals surface area (Å²) in [5.41, 5.74) is 3.52. The van der Waals surface area contributed by atoms with Gasteiger partial charge in [-0.2, -0.15) is 0 Å². The van der Waals surface area contributed by atoms with Crippen molar-refractivity contribution >= 4 is 7.69 Å². The molecule has 0 atom stereocenters. The van der Waals surface area contributed by atoms with Gasteiger partial charge in [-0.1, -0.05) is 43.7 Å². The highest BCUT2D eigenvalue weighted by Gasteiger charge is 2.05. The zero-order valence-electron chi connectivity index (χ0n) is 12.2. The van der Waals surface area contributed by atoms with Crippen molar-refractivity contribution in [1.29, 1.82) is 0 Å². The van der Waals surface area contributed by atoms with Gasteiger partial charge in [0.15, 0.2) is 5.82 Å². The molecule has 2 rings (SSSR count). The predicted molar refractivity (Wildman–Crippen MR) is 82.8 cm³/mol. The molecular weight excluding hydrogens is 266 g/mol. The Hall–Kier alpha value is -1.81. The minimum atomic E-state index is -0.462. The largest absolute Gasteiger partial charge is 0.569 e. The summed E-state index contributed by atoms with van der Waals surface area (Å²) in [6, 6.07) is 13.4. The molecule has 0 saturated carbocycles. The number of benzene rings is 2. The molecule has 0 spiro atoms. The molecule has 0 aliphatic heterocycles. The average Bonchev–Trinajstić information content (AvgIpc) is 2.49. The van der Waals surface area contributed by atoms with Gasteiger partial charge in [0.05, 0.1) is 0 Å². The van der Waals surface area contributed by atoms with Crippen LogP contribution in [0.25, 0.3) is 0 Å². The Balaban J connectivity index is 1.94. The van der Waals surface area contributed by atoms with Crippen LogP contribution in [0.3, 0.4) is 0 Å². The van der Waals surface area contributed by atoms with E-state index < -0.39 is 5.82 Å². The topological polar surface area (TPSA) is 29.5 Å². The fourth-order valence-electron chi connectivity index (χ4n) is 2.30. The molecule has 1 radical (unpaired) electrons. The summed E-state index contributed by atoms with van der Waals surface area (Å²) in [7, 11) is 0.482. The van der Waals surface area contributed by atoms with Crippen molar-refractivity contribution < 1.29 is 14.1 Å². The van der Waals surface area contributed by atoms with Crippen LogP contribution in [0.5, 0.6) is 5.75 Å². The summed E-state index contributed by atoms with van der Waals surface area (Å²) in [4.78, 5) is 0. The van der Waals surface area contributed by atoms with E-state index in [9.17, 15) is 4.39 Å². The van der Waals surface area contributed by atoms with E-state index in [1.54, 1.807) is 0 Å². The standard InChI is InChI=1S/C17H19BFO2/c1-2-3-13-4-6-14(7-5-13)8-9-15-10-11-17(21-18-20)16(19)12-15/h4-7,10-12,20H,2-3,8-9H2,1H3. The Kier molecular flexibility index (Phi) is 5.82. The SMILES string of the molecule is CCCc1ccc(CCc2ccc(O[B]O)c(F)c2)cc1. The molecule has 109 valence electrons. The van der Waals surface area contributed by atoms with Crippen LogP contribution < -0.4 is 4.65 Å². The van der Waals surface area contributed by atoms with Crippen molar-refractivity contribution in [3.8, 4) is 5.75 Å². The molecule has 0 unspecified atom stereocenters. The van der Waals surface area contributed by atoms with Crippen molar-refractivity contribution in [1.82, 2.24) is 0 Å². The molecule has 2 aromatic carbocycles. The van der Waals surface area contributed by atoms with Crippen molar-refractivity contribution in [2.45, 2.75) is 32.6 Å². The fourth-order valence-corrected chi connectivity index (χ4v) is 2.30. The number of aryl methyl sites for hydroxylation is 3. The Morgan fingerprint density at radius 2 is 1.52 bits per heavy atom. The van der Waals surface area contributed by atoms with E-state index in [0.717, 1.165) is 31.2 Å². The normalized spacial score (nSPS) is 10.4. The van der Waals surface area contributed by atoms with Gasteiger partial charge in [-0.15, -0.1) is 0 Å². The molecule has 2 aromatic rings. The first kappa shape index (κ1) is 15.6. The third kappa shape index (κ3) is 4.60. The van der Waals surface area contributed by atoms with Crippen LogP contribution in [0.4, 0.5) is 4.39 Å². The summed E-state index contributed by atoms with van der Waals surface area (Å²) < 4.78 is 18.3. The first-order valence-electron chi connectivity index (χ1n) is 7.21. The van der Waals surface area contributed by atoms with E-state index in [-0.39, 0.29) is 5.75 Å². The maximum absolute atomic E-state index is 13.6. The Labute approximate surface area is 125 Å². The van der Waals surface area contributed by atoms with Gasteiger partial charge in [0.25, 0.3) is 0 Å². The zero-order chi connectivity index (χ0) is 15.1. The number of hydrogen-bond acceptors (Lipinski definition) is 2. The van der Waals surface area contributed by atoms with Crippen molar-refractivity contribution in [2.24, 2.45) is 0 Å². The molecule has 0 amide bonds. The lowest BCUT2D eigenvalue weighted by Crippen LogP contribution is -2.02. The third-order valence-corrected chi connectivity index (χ3v) is 3.44. The smallest absolute Gasteiger partial charge is 0.535 e. The highest BCUT2D eigenvalue weighted by atomic mass is 19.1. The van der Waals surface area contributed by atoms with Crippen LogP contribution in [0.1, 0.15) is 30.0 Å². The second-order valence-electron chi connectivity index (χ2n) is 5.05. The molecule has 1 N–H and O–H groups in total. The second-order valence-corrected chi connectivity index (χ2v) is 5.05. The maximum atomic E-state index is 13.6. The predicted octanol–water partition coefficient (Wildman–Crippen LogP) is 3.47. The molecule has 0 aliphatic carbocycles. The maximum Gasteiger partial charge on any atom is 0.569 e. The third-order valence-electron chi connectivity index (χ3n) is 3.44. The Bertz CT molecular complexity index is 570. The molecule has 0 aliphatic rings. The highest BCUT2D eigenvalue weighted by molar-refractivity contribution is 6.17. The molecule has 0 fully saturated rings. The minimum absolute atomic E-state index is 0.0326. The quantitative estimate of drug-likeness (QED) is 0.789. The summed E-state index contributed by atoms with van der Waals surface area (Å²) in [5, 5.41) is 8.51. The lowest BCUT2D eigenvalue weighted by Gasteiger charge is -2.07. The van der Waals surface area contributed by atoms with E-state index in [1.807, 2.05) is 6.07 Å². The average molecular weight is 285 g/mol. The summed E-state index contributed by atoms with van der Waals surface area (Å²) in [5.74, 6) is -0.429. The number of rotatable bonds is 7. The lowest BCUT2D eigenvalue weighted by molar-refractivity contribution is 0.431. The molecule has 0 aromatic heterocycles. The van der Waals surface area contributed by atoms with Crippen LogP contribution in [0.15, 0.2) is 42.5 Å². The lowest BCUT2D eigenvalue weighted by atomic mass is 10.0. The van der Waals surface area contributed by atoms with Crippen LogP contribution >= 0.6 is 0 Å². The van der Waals surface area contributed by atoms with Gasteiger partial charge in [0.2, 0.25) is 0 Å². The first-order chi connectivity index (χ1) is 10.2. The van der Waals surface area contributed by atoms with Gasteiger partial charge in [-0.05, 0) is 48.1 Å². The van der Waals surface area contributed by atoms with Crippen molar-refractivity contribution in [2.75, 3.05) is 0 Å². The van der Waals surface area contributed by atoms with E-state index in [1.165, 1.54) is 23.3 Å². The van der Waals surface area contributed by atoms with E-state index in [0.29, 0.717) is 7.69 Å². The van der Waals surface area contributed by atoms with Gasteiger partial charge in [0.1, 0.15) is 5.75 Å². The van der Waals surface area contributed by atoms with Gasteiger partial charge < -0.3 is 9.68 Å². The molecule has 0 saturated heterocycles.